The minimum absolute atomic E-state index is 0.0253. The third kappa shape index (κ3) is 3.50. The van der Waals surface area contributed by atoms with Gasteiger partial charge in [0.15, 0.2) is 19.9 Å². The Hall–Kier alpha value is -1.37. The quantitative estimate of drug-likeness (QED) is 0.470. The predicted molar refractivity (Wildman–Crippen MR) is 130 cm³/mol. The van der Waals surface area contributed by atoms with E-state index in [0.717, 1.165) is 18.4 Å². The van der Waals surface area contributed by atoms with Crippen molar-refractivity contribution in [1.29, 1.82) is 0 Å². The Kier molecular flexibility index (Phi) is 5.67. The molecule has 0 heterocycles. The van der Waals surface area contributed by atoms with Crippen LogP contribution in [0.15, 0.2) is 23.8 Å². The normalized spacial score (nSPS) is 40.7. The lowest BCUT2D eigenvalue weighted by atomic mass is 9.47. The van der Waals surface area contributed by atoms with Gasteiger partial charge in [-0.15, -0.1) is 0 Å². The monoisotopic (exact) mass is 472 g/mol. The molecule has 0 aliphatic heterocycles. The largest absolute Gasteiger partial charge is 0.409 e. The second-order valence-corrected chi connectivity index (χ2v) is 17.7. The molecule has 0 bridgehead atoms. The van der Waals surface area contributed by atoms with E-state index >= 15 is 0 Å². The first-order chi connectivity index (χ1) is 15.1. The second kappa shape index (κ2) is 7.56. The van der Waals surface area contributed by atoms with Crippen LogP contribution in [0.3, 0.4) is 0 Å². The maximum atomic E-state index is 13.7. The number of hydrogen-bond donors (Lipinski definition) is 1. The van der Waals surface area contributed by atoms with E-state index in [9.17, 15) is 19.5 Å². The number of carbonyl (C=O) groups is 3. The number of Topliss-reactive ketones (excluding diaryl/α,β-unsaturated/α-hetero) is 2. The molecule has 0 amide bonds. The van der Waals surface area contributed by atoms with Gasteiger partial charge in [-0.1, -0.05) is 52.3 Å². The lowest BCUT2D eigenvalue weighted by Crippen LogP contribution is -2.60. The number of aliphatic hydroxyl groups is 1. The molecule has 4 aliphatic carbocycles. The Morgan fingerprint density at radius 3 is 2.55 bits per heavy atom. The summed E-state index contributed by atoms with van der Waals surface area (Å²) in [5.74, 6) is -0.100. The number of fused-ring (bicyclic) bond motifs is 5. The van der Waals surface area contributed by atoms with E-state index in [1.54, 1.807) is 6.08 Å². The Morgan fingerprint density at radius 1 is 1.24 bits per heavy atom. The molecule has 4 aliphatic rings. The molecule has 5 nitrogen and oxygen atoms in total. The molecule has 0 aromatic carbocycles. The lowest BCUT2D eigenvalue weighted by Gasteiger charge is -2.56. The molecule has 182 valence electrons. The van der Waals surface area contributed by atoms with Crippen LogP contribution in [-0.2, 0) is 18.8 Å². The summed E-state index contributed by atoms with van der Waals surface area (Å²) in [6.45, 7) is 14.5. The molecule has 33 heavy (non-hydrogen) atoms. The third-order valence-corrected chi connectivity index (χ3v) is 14.7. The van der Waals surface area contributed by atoms with Gasteiger partial charge < -0.3 is 9.53 Å². The van der Waals surface area contributed by atoms with Crippen LogP contribution in [0.25, 0.3) is 0 Å². The predicted octanol–water partition coefficient (Wildman–Crippen LogP) is 4.80. The summed E-state index contributed by atoms with van der Waals surface area (Å²) in [7, 11) is -2.14. The Bertz CT molecular complexity index is 956. The van der Waals surface area contributed by atoms with Crippen LogP contribution in [-0.4, -0.2) is 43.0 Å². The highest BCUT2D eigenvalue weighted by atomic mass is 28.4. The van der Waals surface area contributed by atoms with E-state index in [1.807, 2.05) is 13.0 Å². The van der Waals surface area contributed by atoms with Crippen molar-refractivity contribution >= 4 is 25.7 Å². The van der Waals surface area contributed by atoms with Crippen LogP contribution in [0.4, 0.5) is 0 Å². The standard InChI is InChI=1S/C27H40O5Si/c1-24(2,3)33(6,7)32-16-22(30)27(31)13-11-20-19-9-8-17-14-18(28)10-12-25(17,4)23(19)21(29)15-26(20,27)5/h8,10,12,19-20,23,31H,9,11,13-16H2,1-7H3/t19-,20-,23+,25-,26-,27-/m0/s1. The molecule has 0 aromatic rings. The van der Waals surface area contributed by atoms with Gasteiger partial charge in [0.2, 0.25) is 0 Å². The first kappa shape index (κ1) is 24.7. The average Bonchev–Trinajstić information content (AvgIpc) is 2.97. The Labute approximate surface area is 199 Å². The second-order valence-electron chi connectivity index (χ2n) is 12.9. The summed E-state index contributed by atoms with van der Waals surface area (Å²) in [5.41, 5.74) is -1.70. The van der Waals surface area contributed by atoms with Crippen LogP contribution in [0.1, 0.15) is 66.7 Å². The van der Waals surface area contributed by atoms with E-state index in [4.69, 9.17) is 4.43 Å². The SMILES string of the molecule is CC(C)(C)[Si](C)(C)OCC(=O)[C@@]1(O)CC[C@H]2[C@@H]3CC=C4CC(=O)C=C[C@]4(C)[C@H]3C(=O)C[C@@]21C. The van der Waals surface area contributed by atoms with Gasteiger partial charge in [-0.3, -0.25) is 14.4 Å². The number of rotatable bonds is 4. The summed E-state index contributed by atoms with van der Waals surface area (Å²) in [4.78, 5) is 39.2. The van der Waals surface area contributed by atoms with Crippen molar-refractivity contribution in [2.45, 2.75) is 90.5 Å². The van der Waals surface area contributed by atoms with Gasteiger partial charge in [0, 0.05) is 29.6 Å². The maximum absolute atomic E-state index is 13.7. The first-order valence-electron chi connectivity index (χ1n) is 12.4. The van der Waals surface area contributed by atoms with Crippen molar-refractivity contribution < 1.29 is 23.9 Å². The highest BCUT2D eigenvalue weighted by molar-refractivity contribution is 6.74. The van der Waals surface area contributed by atoms with Gasteiger partial charge in [-0.25, -0.2) is 0 Å². The zero-order valence-electron chi connectivity index (χ0n) is 21.3. The van der Waals surface area contributed by atoms with Crippen molar-refractivity contribution in [3.8, 4) is 0 Å². The van der Waals surface area contributed by atoms with Crippen LogP contribution in [0.2, 0.25) is 18.1 Å². The molecule has 0 radical (unpaired) electrons. The summed E-state index contributed by atoms with van der Waals surface area (Å²) >= 11 is 0. The first-order valence-corrected chi connectivity index (χ1v) is 15.3. The number of allylic oxidation sites excluding steroid dienone is 4. The third-order valence-electron chi connectivity index (χ3n) is 10.2. The molecular weight excluding hydrogens is 432 g/mol. The van der Waals surface area contributed by atoms with Gasteiger partial charge in [0.25, 0.3) is 0 Å². The van der Waals surface area contributed by atoms with E-state index in [0.29, 0.717) is 12.8 Å². The number of hydrogen-bond acceptors (Lipinski definition) is 5. The van der Waals surface area contributed by atoms with Crippen LogP contribution >= 0.6 is 0 Å². The highest BCUT2D eigenvalue weighted by Crippen LogP contribution is 2.65. The van der Waals surface area contributed by atoms with E-state index < -0.39 is 24.7 Å². The zero-order valence-corrected chi connectivity index (χ0v) is 22.3. The molecule has 0 saturated heterocycles. The highest BCUT2D eigenvalue weighted by Gasteiger charge is 2.68. The van der Waals surface area contributed by atoms with E-state index in [-0.39, 0.29) is 53.2 Å². The number of ketones is 3. The minimum Gasteiger partial charge on any atom is -0.409 e. The molecule has 2 saturated carbocycles. The molecule has 0 spiro atoms. The fraction of sp³-hybridized carbons (Fsp3) is 0.741. The van der Waals surface area contributed by atoms with Crippen molar-refractivity contribution in [1.82, 2.24) is 0 Å². The van der Waals surface area contributed by atoms with Crippen LogP contribution < -0.4 is 0 Å². The Balaban J connectivity index is 1.61. The van der Waals surface area contributed by atoms with Crippen molar-refractivity contribution in [3.05, 3.63) is 23.8 Å². The number of carbonyl (C=O) groups excluding carboxylic acids is 3. The van der Waals surface area contributed by atoms with Gasteiger partial charge in [-0.2, -0.15) is 0 Å². The zero-order chi connectivity index (χ0) is 24.6. The van der Waals surface area contributed by atoms with E-state index in [1.165, 1.54) is 0 Å². The summed E-state index contributed by atoms with van der Waals surface area (Å²) in [5, 5.41) is 11.8. The van der Waals surface area contributed by atoms with Crippen molar-refractivity contribution in [2.75, 3.05) is 6.61 Å². The minimum atomic E-state index is -2.14. The maximum Gasteiger partial charge on any atom is 0.192 e. The van der Waals surface area contributed by atoms with Gasteiger partial charge in [-0.05, 0) is 55.3 Å². The van der Waals surface area contributed by atoms with Gasteiger partial charge >= 0.3 is 0 Å². The van der Waals surface area contributed by atoms with Gasteiger partial charge in [0.1, 0.15) is 11.4 Å². The topological polar surface area (TPSA) is 80.7 Å². The molecule has 6 atom stereocenters. The molecule has 6 heteroatoms. The van der Waals surface area contributed by atoms with Crippen LogP contribution in [0.5, 0.6) is 0 Å². The molecule has 0 aromatic heterocycles. The van der Waals surface area contributed by atoms with Crippen molar-refractivity contribution in [3.63, 3.8) is 0 Å². The molecular formula is C27H40O5Si. The molecule has 4 rings (SSSR count). The average molecular weight is 473 g/mol. The molecule has 1 N–H and O–H groups in total. The summed E-state index contributed by atoms with van der Waals surface area (Å²) in [6.07, 6.45) is 8.15. The van der Waals surface area contributed by atoms with Crippen LogP contribution in [0, 0.1) is 28.6 Å². The van der Waals surface area contributed by atoms with Crippen molar-refractivity contribution in [2.24, 2.45) is 28.6 Å². The molecule has 0 unspecified atom stereocenters. The Morgan fingerprint density at radius 2 is 1.91 bits per heavy atom. The van der Waals surface area contributed by atoms with E-state index in [2.05, 4.69) is 46.9 Å². The fourth-order valence-electron chi connectivity index (χ4n) is 6.99. The summed E-state index contributed by atoms with van der Waals surface area (Å²) in [6, 6.07) is 0. The fourth-order valence-corrected chi connectivity index (χ4v) is 7.91. The molecule has 2 fully saturated rings. The smallest absolute Gasteiger partial charge is 0.192 e. The summed E-state index contributed by atoms with van der Waals surface area (Å²) < 4.78 is 6.18. The lowest BCUT2D eigenvalue weighted by molar-refractivity contribution is -0.167. The van der Waals surface area contributed by atoms with Gasteiger partial charge in [0.05, 0.1) is 6.61 Å².